The lowest BCUT2D eigenvalue weighted by atomic mass is 10.2. The Morgan fingerprint density at radius 3 is 2.51 bits per heavy atom. The summed E-state index contributed by atoms with van der Waals surface area (Å²) >= 11 is 0. The Kier molecular flexibility index (Phi) is 6.02. The molecule has 2 aromatic heterocycles. The van der Waals surface area contributed by atoms with Gasteiger partial charge in [0.15, 0.2) is 11.5 Å². The van der Waals surface area contributed by atoms with Gasteiger partial charge in [0.1, 0.15) is 5.75 Å². The monoisotopic (exact) mass is 493 g/mol. The van der Waals surface area contributed by atoms with Crippen molar-refractivity contribution in [3.63, 3.8) is 0 Å². The highest BCUT2D eigenvalue weighted by atomic mass is 16.5. The number of methoxy groups -OCH3 is 1. The van der Waals surface area contributed by atoms with Gasteiger partial charge in [-0.25, -0.2) is 14.2 Å². The molecule has 1 fully saturated rings. The highest BCUT2D eigenvalue weighted by molar-refractivity contribution is 5.93. The van der Waals surface area contributed by atoms with E-state index in [0.29, 0.717) is 38.5 Å². The summed E-state index contributed by atoms with van der Waals surface area (Å²) in [5, 5.41) is 13.1. The highest BCUT2D eigenvalue weighted by Crippen LogP contribution is 2.30. The summed E-state index contributed by atoms with van der Waals surface area (Å²) in [4.78, 5) is 21.9. The van der Waals surface area contributed by atoms with Gasteiger partial charge in [0.2, 0.25) is 5.95 Å². The summed E-state index contributed by atoms with van der Waals surface area (Å²) in [6, 6.07) is 25.6. The number of hydrogen-bond donors (Lipinski definition) is 1. The van der Waals surface area contributed by atoms with Crippen molar-refractivity contribution in [3.05, 3.63) is 84.4 Å². The maximum absolute atomic E-state index is 12.8. The van der Waals surface area contributed by atoms with Crippen LogP contribution in [0.15, 0.2) is 78.9 Å². The van der Waals surface area contributed by atoms with Crippen molar-refractivity contribution in [2.45, 2.75) is 6.54 Å². The van der Waals surface area contributed by atoms with E-state index >= 15 is 0 Å². The SMILES string of the molecule is COc1cccc(-c2nnc3c4ccccc4nc(N4CCN(C(=O)NCc5ccccc5)CC4)n23)c1. The molecule has 1 aliphatic rings. The quantitative estimate of drug-likeness (QED) is 0.399. The molecule has 186 valence electrons. The maximum Gasteiger partial charge on any atom is 0.317 e. The Balaban J connectivity index is 1.29. The van der Waals surface area contributed by atoms with E-state index in [0.717, 1.165) is 39.4 Å². The van der Waals surface area contributed by atoms with Gasteiger partial charge in [0.25, 0.3) is 0 Å². The van der Waals surface area contributed by atoms with Crippen molar-refractivity contribution in [2.24, 2.45) is 0 Å². The number of rotatable bonds is 5. The average Bonchev–Trinajstić information content (AvgIpc) is 3.42. The Bertz CT molecular complexity index is 1560. The number of amides is 2. The summed E-state index contributed by atoms with van der Waals surface area (Å²) < 4.78 is 7.45. The Labute approximate surface area is 214 Å². The number of hydrogen-bond acceptors (Lipinski definition) is 6. The topological polar surface area (TPSA) is 87.9 Å². The minimum atomic E-state index is -0.0542. The van der Waals surface area contributed by atoms with Gasteiger partial charge in [-0.2, -0.15) is 0 Å². The van der Waals surface area contributed by atoms with Gasteiger partial charge in [-0.3, -0.25) is 0 Å². The fourth-order valence-corrected chi connectivity index (χ4v) is 4.72. The van der Waals surface area contributed by atoms with Crippen LogP contribution in [-0.4, -0.2) is 63.8 Å². The van der Waals surface area contributed by atoms with E-state index in [1.165, 1.54) is 0 Å². The molecular weight excluding hydrogens is 466 g/mol. The van der Waals surface area contributed by atoms with Crippen molar-refractivity contribution >= 4 is 28.5 Å². The molecule has 0 spiro atoms. The van der Waals surface area contributed by atoms with Crippen LogP contribution < -0.4 is 15.0 Å². The van der Waals surface area contributed by atoms with Gasteiger partial charge < -0.3 is 19.9 Å². The summed E-state index contributed by atoms with van der Waals surface area (Å²) in [7, 11) is 1.65. The number of aromatic nitrogens is 4. The molecule has 3 heterocycles. The molecule has 37 heavy (non-hydrogen) atoms. The molecular formula is C28H27N7O2. The summed E-state index contributed by atoms with van der Waals surface area (Å²) in [5.74, 6) is 2.21. The van der Waals surface area contributed by atoms with Gasteiger partial charge in [-0.15, -0.1) is 10.2 Å². The second-order valence-corrected chi connectivity index (χ2v) is 8.96. The van der Waals surface area contributed by atoms with Gasteiger partial charge >= 0.3 is 6.03 Å². The molecule has 6 rings (SSSR count). The predicted octanol–water partition coefficient (Wildman–Crippen LogP) is 3.98. The first-order chi connectivity index (χ1) is 18.2. The van der Waals surface area contributed by atoms with Gasteiger partial charge in [0, 0.05) is 43.7 Å². The number of anilines is 1. The minimum absolute atomic E-state index is 0.0542. The van der Waals surface area contributed by atoms with Crippen molar-refractivity contribution in [2.75, 3.05) is 38.2 Å². The molecule has 1 aliphatic heterocycles. The standard InChI is InChI=1S/C28H27N7O2/c1-37-22-11-7-10-21(18-22)25-31-32-26-23-12-5-6-13-24(23)30-27(35(25)26)33-14-16-34(17-15-33)28(36)29-19-20-8-3-2-4-9-20/h2-13,18H,14-17,19H2,1H3,(H,29,36). The van der Waals surface area contributed by atoms with Crippen LogP contribution >= 0.6 is 0 Å². The molecule has 9 heteroatoms. The first-order valence-electron chi connectivity index (χ1n) is 12.3. The van der Waals surface area contributed by atoms with E-state index in [1.807, 2.05) is 88.2 Å². The Morgan fingerprint density at radius 2 is 1.70 bits per heavy atom. The van der Waals surface area contributed by atoms with E-state index in [1.54, 1.807) is 7.11 Å². The molecule has 1 saturated heterocycles. The molecule has 1 N–H and O–H groups in total. The molecule has 0 radical (unpaired) electrons. The zero-order valence-electron chi connectivity index (χ0n) is 20.5. The van der Waals surface area contributed by atoms with Gasteiger partial charge in [-0.05, 0) is 29.8 Å². The van der Waals surface area contributed by atoms with Crippen molar-refractivity contribution in [3.8, 4) is 17.1 Å². The summed E-state index contributed by atoms with van der Waals surface area (Å²) in [5.41, 5.74) is 3.58. The highest BCUT2D eigenvalue weighted by Gasteiger charge is 2.26. The van der Waals surface area contributed by atoms with Crippen molar-refractivity contribution in [1.82, 2.24) is 29.8 Å². The number of urea groups is 1. The fraction of sp³-hybridized carbons (Fsp3) is 0.214. The van der Waals surface area contributed by atoms with Crippen molar-refractivity contribution < 1.29 is 9.53 Å². The second-order valence-electron chi connectivity index (χ2n) is 8.96. The van der Waals surface area contributed by atoms with Crippen LogP contribution in [0.2, 0.25) is 0 Å². The average molecular weight is 494 g/mol. The lowest BCUT2D eigenvalue weighted by Gasteiger charge is -2.35. The number of nitrogens with one attached hydrogen (secondary N) is 1. The van der Waals surface area contributed by atoms with Crippen LogP contribution in [0.1, 0.15) is 5.56 Å². The molecule has 9 nitrogen and oxygen atoms in total. The molecule has 3 aromatic carbocycles. The van der Waals surface area contributed by atoms with E-state index in [2.05, 4.69) is 20.4 Å². The number of carbonyl (C=O) groups is 1. The zero-order valence-corrected chi connectivity index (χ0v) is 20.5. The summed E-state index contributed by atoms with van der Waals surface area (Å²) in [6.07, 6.45) is 0. The molecule has 0 unspecified atom stereocenters. The van der Waals surface area contributed by atoms with Crippen LogP contribution in [0.4, 0.5) is 10.7 Å². The van der Waals surface area contributed by atoms with E-state index in [4.69, 9.17) is 9.72 Å². The molecule has 0 aliphatic carbocycles. The van der Waals surface area contributed by atoms with Crippen LogP contribution in [-0.2, 0) is 6.54 Å². The molecule has 0 saturated carbocycles. The normalized spacial score (nSPS) is 13.8. The first kappa shape index (κ1) is 22.8. The van der Waals surface area contributed by atoms with Crippen LogP contribution in [0.25, 0.3) is 27.9 Å². The lowest BCUT2D eigenvalue weighted by Crippen LogP contribution is -2.52. The van der Waals surface area contributed by atoms with Crippen LogP contribution in [0, 0.1) is 0 Å². The van der Waals surface area contributed by atoms with Crippen LogP contribution in [0.3, 0.4) is 0 Å². The molecule has 2 amide bonds. The smallest absolute Gasteiger partial charge is 0.317 e. The largest absolute Gasteiger partial charge is 0.497 e. The Hall–Kier alpha value is -4.66. The number of carbonyl (C=O) groups excluding carboxylic acids is 1. The minimum Gasteiger partial charge on any atom is -0.497 e. The first-order valence-corrected chi connectivity index (χ1v) is 12.3. The number of ether oxygens (including phenoxy) is 1. The maximum atomic E-state index is 12.8. The summed E-state index contributed by atoms with van der Waals surface area (Å²) in [6.45, 7) is 2.99. The molecule has 0 atom stereocenters. The third kappa shape index (κ3) is 4.40. The number of benzene rings is 3. The molecule has 0 bridgehead atoms. The second kappa shape index (κ2) is 9.77. The van der Waals surface area contributed by atoms with Gasteiger partial charge in [-0.1, -0.05) is 54.6 Å². The number of nitrogens with zero attached hydrogens (tertiary/aromatic N) is 6. The number of para-hydroxylation sites is 1. The third-order valence-corrected chi connectivity index (χ3v) is 6.69. The van der Waals surface area contributed by atoms with Gasteiger partial charge in [0.05, 0.1) is 12.6 Å². The Morgan fingerprint density at radius 1 is 0.919 bits per heavy atom. The van der Waals surface area contributed by atoms with E-state index in [-0.39, 0.29) is 6.03 Å². The number of piperazine rings is 1. The lowest BCUT2D eigenvalue weighted by molar-refractivity contribution is 0.193. The van der Waals surface area contributed by atoms with E-state index < -0.39 is 0 Å². The number of fused-ring (bicyclic) bond motifs is 3. The third-order valence-electron chi connectivity index (χ3n) is 6.69. The van der Waals surface area contributed by atoms with Crippen molar-refractivity contribution in [1.29, 1.82) is 0 Å². The van der Waals surface area contributed by atoms with E-state index in [9.17, 15) is 4.79 Å². The predicted molar refractivity (Wildman–Crippen MR) is 143 cm³/mol. The fourth-order valence-electron chi connectivity index (χ4n) is 4.72. The molecule has 5 aromatic rings. The van der Waals surface area contributed by atoms with Crippen LogP contribution in [0.5, 0.6) is 5.75 Å². The zero-order chi connectivity index (χ0) is 25.2.